The predicted molar refractivity (Wildman–Crippen MR) is 124 cm³/mol. The van der Waals surface area contributed by atoms with Crippen molar-refractivity contribution in [2.75, 3.05) is 6.61 Å². The topological polar surface area (TPSA) is 9.23 Å². The molecule has 0 spiro atoms. The fraction of sp³-hybridized carbons (Fsp3) is 0.103. The SMILES string of the molecule is CCCOc1cc(F)c(C#Cc2ccc(C#Cc3ccc4cc(F)ccc4c3)c(F)c2)c(F)c1. The molecule has 4 rings (SSSR count). The fourth-order valence-corrected chi connectivity index (χ4v) is 3.24. The molecule has 0 saturated heterocycles. The Morgan fingerprint density at radius 2 is 1.29 bits per heavy atom. The van der Waals surface area contributed by atoms with E-state index < -0.39 is 23.0 Å². The molecule has 0 bridgehead atoms. The third-order valence-electron chi connectivity index (χ3n) is 4.93. The average molecular weight is 458 g/mol. The van der Waals surface area contributed by atoms with Crippen LogP contribution in [-0.4, -0.2) is 6.61 Å². The van der Waals surface area contributed by atoms with Crippen LogP contribution in [0.5, 0.6) is 5.75 Å². The number of hydrogen-bond donors (Lipinski definition) is 0. The summed E-state index contributed by atoms with van der Waals surface area (Å²) in [6.07, 6.45) is 0.709. The Morgan fingerprint density at radius 3 is 2.03 bits per heavy atom. The maximum Gasteiger partial charge on any atom is 0.145 e. The molecule has 0 unspecified atom stereocenters. The molecule has 0 aliphatic heterocycles. The van der Waals surface area contributed by atoms with Crippen LogP contribution in [0.25, 0.3) is 10.8 Å². The quantitative estimate of drug-likeness (QED) is 0.238. The number of ether oxygens (including phenoxy) is 1. The van der Waals surface area contributed by atoms with E-state index in [1.807, 2.05) is 6.92 Å². The smallest absolute Gasteiger partial charge is 0.145 e. The summed E-state index contributed by atoms with van der Waals surface area (Å²) in [5.41, 5.74) is 0.643. The van der Waals surface area contributed by atoms with Crippen molar-refractivity contribution < 1.29 is 22.3 Å². The second-order valence-corrected chi connectivity index (χ2v) is 7.51. The van der Waals surface area contributed by atoms with E-state index in [4.69, 9.17) is 4.74 Å². The summed E-state index contributed by atoms with van der Waals surface area (Å²) in [7, 11) is 0. The molecule has 0 aromatic heterocycles. The van der Waals surface area contributed by atoms with Crippen LogP contribution in [0.1, 0.15) is 35.6 Å². The van der Waals surface area contributed by atoms with Gasteiger partial charge in [-0.15, -0.1) is 0 Å². The number of benzene rings is 4. The van der Waals surface area contributed by atoms with Crippen LogP contribution in [0.2, 0.25) is 0 Å². The molecular weight excluding hydrogens is 440 g/mol. The van der Waals surface area contributed by atoms with Gasteiger partial charge in [-0.25, -0.2) is 17.6 Å². The maximum atomic E-state index is 14.5. The molecule has 0 heterocycles. The number of halogens is 4. The van der Waals surface area contributed by atoms with Gasteiger partial charge in [-0.3, -0.25) is 0 Å². The van der Waals surface area contributed by atoms with E-state index in [1.54, 1.807) is 24.3 Å². The van der Waals surface area contributed by atoms with E-state index in [9.17, 15) is 17.6 Å². The lowest BCUT2D eigenvalue weighted by Gasteiger charge is -2.06. The van der Waals surface area contributed by atoms with Crippen molar-refractivity contribution in [2.45, 2.75) is 13.3 Å². The number of fused-ring (bicyclic) bond motifs is 1. The van der Waals surface area contributed by atoms with Gasteiger partial charge in [0.25, 0.3) is 0 Å². The summed E-state index contributed by atoms with van der Waals surface area (Å²) < 4.78 is 61.5. The zero-order valence-corrected chi connectivity index (χ0v) is 18.2. The van der Waals surface area contributed by atoms with Crippen LogP contribution in [-0.2, 0) is 0 Å². The minimum absolute atomic E-state index is 0.0925. The van der Waals surface area contributed by atoms with E-state index in [0.717, 1.165) is 29.0 Å². The molecule has 0 atom stereocenters. The summed E-state index contributed by atoms with van der Waals surface area (Å²) in [5, 5.41) is 1.57. The van der Waals surface area contributed by atoms with E-state index in [-0.39, 0.29) is 22.7 Å². The van der Waals surface area contributed by atoms with Crippen molar-refractivity contribution in [3.8, 4) is 29.4 Å². The Balaban J connectivity index is 1.54. The zero-order valence-electron chi connectivity index (χ0n) is 18.2. The van der Waals surface area contributed by atoms with Gasteiger partial charge in [0, 0.05) is 23.3 Å². The Morgan fingerprint density at radius 1 is 0.647 bits per heavy atom. The minimum atomic E-state index is -0.848. The molecule has 0 saturated carbocycles. The summed E-state index contributed by atoms with van der Waals surface area (Å²) in [6.45, 7) is 2.23. The second-order valence-electron chi connectivity index (χ2n) is 7.51. The molecular formula is C29H18F4O. The zero-order chi connectivity index (χ0) is 24.1. The number of rotatable bonds is 3. The monoisotopic (exact) mass is 458 g/mol. The highest BCUT2D eigenvalue weighted by Gasteiger charge is 2.10. The Kier molecular flexibility index (Phi) is 6.85. The average Bonchev–Trinajstić information content (AvgIpc) is 2.81. The van der Waals surface area contributed by atoms with Crippen LogP contribution < -0.4 is 4.74 Å². The van der Waals surface area contributed by atoms with E-state index in [0.29, 0.717) is 18.6 Å². The van der Waals surface area contributed by atoms with Gasteiger partial charge in [-0.05, 0) is 59.7 Å². The second kappa shape index (κ2) is 10.1. The van der Waals surface area contributed by atoms with E-state index >= 15 is 0 Å². The van der Waals surface area contributed by atoms with E-state index in [2.05, 4.69) is 23.7 Å². The predicted octanol–water partition coefficient (Wildman–Crippen LogP) is 6.98. The highest BCUT2D eigenvalue weighted by molar-refractivity contribution is 5.84. The van der Waals surface area contributed by atoms with Crippen molar-refractivity contribution in [3.63, 3.8) is 0 Å². The molecule has 34 heavy (non-hydrogen) atoms. The lowest BCUT2D eigenvalue weighted by atomic mass is 10.1. The van der Waals surface area contributed by atoms with Crippen molar-refractivity contribution in [1.29, 1.82) is 0 Å². The Bertz CT molecular complexity index is 1480. The third kappa shape index (κ3) is 5.39. The first kappa shape index (κ1) is 23.0. The van der Waals surface area contributed by atoms with Gasteiger partial charge in [0.15, 0.2) is 0 Å². The maximum absolute atomic E-state index is 14.5. The van der Waals surface area contributed by atoms with Gasteiger partial charge >= 0.3 is 0 Å². The Hall–Kier alpha value is -4.22. The van der Waals surface area contributed by atoms with Crippen LogP contribution >= 0.6 is 0 Å². The summed E-state index contributed by atoms with van der Waals surface area (Å²) >= 11 is 0. The molecule has 4 aromatic carbocycles. The summed E-state index contributed by atoms with van der Waals surface area (Å²) in [4.78, 5) is 0. The molecule has 4 aromatic rings. The van der Waals surface area contributed by atoms with Gasteiger partial charge in [0.1, 0.15) is 29.0 Å². The van der Waals surface area contributed by atoms with Crippen molar-refractivity contribution in [2.24, 2.45) is 0 Å². The fourth-order valence-electron chi connectivity index (χ4n) is 3.24. The lowest BCUT2D eigenvalue weighted by molar-refractivity contribution is 0.313. The van der Waals surface area contributed by atoms with Gasteiger partial charge in [0.05, 0.1) is 17.7 Å². The van der Waals surface area contributed by atoms with Crippen LogP contribution in [0.4, 0.5) is 17.6 Å². The molecule has 0 amide bonds. The van der Waals surface area contributed by atoms with Crippen molar-refractivity contribution in [3.05, 3.63) is 112 Å². The highest BCUT2D eigenvalue weighted by Crippen LogP contribution is 2.21. The largest absolute Gasteiger partial charge is 0.493 e. The highest BCUT2D eigenvalue weighted by atomic mass is 19.1. The van der Waals surface area contributed by atoms with Gasteiger partial charge in [0.2, 0.25) is 0 Å². The molecule has 0 N–H and O–H groups in total. The van der Waals surface area contributed by atoms with Crippen LogP contribution in [0.3, 0.4) is 0 Å². The van der Waals surface area contributed by atoms with Crippen molar-refractivity contribution in [1.82, 2.24) is 0 Å². The first-order chi connectivity index (χ1) is 16.4. The van der Waals surface area contributed by atoms with Crippen LogP contribution in [0.15, 0.2) is 66.7 Å². The molecule has 5 heteroatoms. The summed E-state index contributed by atoms with van der Waals surface area (Å²) in [5.74, 6) is 8.13. The first-order valence-corrected chi connectivity index (χ1v) is 10.6. The molecule has 0 fully saturated rings. The Labute approximate surface area is 195 Å². The minimum Gasteiger partial charge on any atom is -0.493 e. The lowest BCUT2D eigenvalue weighted by Crippen LogP contribution is -1.98. The standard InChI is InChI=1S/C29H18F4O/c1-2-13-34-25-17-28(32)26(29(33)18-25)12-6-20-4-8-21(27(31)15-20)7-3-19-5-9-23-16-24(30)11-10-22(23)14-19/h4-5,8-11,14-18H,2,13H2,1H3. The molecule has 168 valence electrons. The third-order valence-corrected chi connectivity index (χ3v) is 4.93. The molecule has 0 aliphatic carbocycles. The van der Waals surface area contributed by atoms with Crippen LogP contribution in [0, 0.1) is 47.0 Å². The molecule has 1 nitrogen and oxygen atoms in total. The molecule has 0 aliphatic rings. The first-order valence-electron chi connectivity index (χ1n) is 10.6. The van der Waals surface area contributed by atoms with E-state index in [1.165, 1.54) is 24.3 Å². The van der Waals surface area contributed by atoms with Gasteiger partial charge in [-0.1, -0.05) is 42.7 Å². The van der Waals surface area contributed by atoms with Gasteiger partial charge < -0.3 is 4.74 Å². The summed E-state index contributed by atoms with van der Waals surface area (Å²) in [6, 6.07) is 16.0. The van der Waals surface area contributed by atoms with Crippen molar-refractivity contribution >= 4 is 10.8 Å². The molecule has 0 radical (unpaired) electrons. The normalized spacial score (nSPS) is 10.3. The van der Waals surface area contributed by atoms with Gasteiger partial charge in [-0.2, -0.15) is 0 Å². The number of hydrogen-bond acceptors (Lipinski definition) is 1.